The molecule has 0 aliphatic heterocycles. The van der Waals surface area contributed by atoms with Gasteiger partial charge in [0.25, 0.3) is 0 Å². The molecule has 26 heavy (non-hydrogen) atoms. The van der Waals surface area contributed by atoms with Gasteiger partial charge in [-0.25, -0.2) is 9.38 Å². The summed E-state index contributed by atoms with van der Waals surface area (Å²) in [6.07, 6.45) is -1.55. The molecule has 0 saturated carbocycles. The fraction of sp³-hybridized carbons (Fsp3) is 0.0476. The maximum absolute atomic E-state index is 14.6. The number of nitrogens with zero attached hydrogens (tertiary/aromatic N) is 2. The first-order valence-electron chi connectivity index (χ1n) is 8.21. The zero-order valence-electron chi connectivity index (χ0n) is 14.1. The number of anilines is 1. The number of alkyl halides is 1. The number of rotatable bonds is 4. The van der Waals surface area contributed by atoms with Crippen LogP contribution in [-0.2, 0) is 0 Å². The molecule has 0 saturated heterocycles. The predicted octanol–water partition coefficient (Wildman–Crippen LogP) is 4.53. The number of hydrogen-bond donors (Lipinski definition) is 2. The van der Waals surface area contributed by atoms with Crippen molar-refractivity contribution in [1.29, 1.82) is 0 Å². The molecule has 130 valence electrons. The number of nitrogens with one attached hydrogen (secondary N) is 1. The van der Waals surface area contributed by atoms with E-state index in [1.165, 1.54) is 0 Å². The number of amidine groups is 1. The van der Waals surface area contributed by atoms with Crippen molar-refractivity contribution >= 4 is 17.5 Å². The molecule has 3 rings (SSSR count). The summed E-state index contributed by atoms with van der Waals surface area (Å²) >= 11 is 0. The fourth-order valence-electron chi connectivity index (χ4n) is 2.32. The van der Waals surface area contributed by atoms with E-state index in [0.29, 0.717) is 5.56 Å². The van der Waals surface area contributed by atoms with Gasteiger partial charge in [0.15, 0.2) is 0 Å². The van der Waals surface area contributed by atoms with E-state index in [0.717, 1.165) is 11.3 Å². The van der Waals surface area contributed by atoms with Crippen LogP contribution in [-0.4, -0.2) is 11.8 Å². The molecule has 0 radical (unpaired) electrons. The second kappa shape index (κ2) is 8.58. The zero-order valence-corrected chi connectivity index (χ0v) is 14.1. The molecule has 0 aromatic heterocycles. The summed E-state index contributed by atoms with van der Waals surface area (Å²) in [7, 11) is 0. The third kappa shape index (κ3) is 4.77. The number of halogens is 1. The lowest BCUT2D eigenvalue weighted by Gasteiger charge is -2.10. The molecule has 3 aromatic rings. The van der Waals surface area contributed by atoms with E-state index in [9.17, 15) is 4.39 Å². The second-order valence-electron chi connectivity index (χ2n) is 5.55. The molecule has 3 N–H and O–H groups in total. The van der Waals surface area contributed by atoms with Crippen molar-refractivity contribution in [2.24, 2.45) is 15.7 Å². The summed E-state index contributed by atoms with van der Waals surface area (Å²) in [4.78, 5) is 8.38. The maximum Gasteiger partial charge on any atom is 0.227 e. The molecule has 0 spiro atoms. The highest BCUT2D eigenvalue weighted by Crippen LogP contribution is 2.19. The Bertz CT molecular complexity index is 878. The first kappa shape index (κ1) is 17.4. The van der Waals surface area contributed by atoms with Crippen LogP contribution < -0.4 is 11.1 Å². The van der Waals surface area contributed by atoms with E-state index in [4.69, 9.17) is 5.73 Å². The third-order valence-corrected chi connectivity index (χ3v) is 3.64. The molecular formula is C21H19FN4. The fourth-order valence-corrected chi connectivity index (χ4v) is 2.32. The van der Waals surface area contributed by atoms with Crippen molar-refractivity contribution < 1.29 is 4.39 Å². The van der Waals surface area contributed by atoms with Crippen LogP contribution in [0.4, 0.5) is 10.1 Å². The van der Waals surface area contributed by atoms with Crippen molar-refractivity contribution in [3.63, 3.8) is 0 Å². The van der Waals surface area contributed by atoms with Crippen molar-refractivity contribution in [1.82, 2.24) is 0 Å². The topological polar surface area (TPSA) is 62.8 Å². The van der Waals surface area contributed by atoms with Crippen LogP contribution in [0.25, 0.3) is 0 Å². The highest BCUT2D eigenvalue weighted by atomic mass is 19.1. The Balaban J connectivity index is 1.92. The van der Waals surface area contributed by atoms with Crippen molar-refractivity contribution in [2.45, 2.75) is 6.30 Å². The van der Waals surface area contributed by atoms with Crippen LogP contribution in [0.2, 0.25) is 0 Å². The molecular weight excluding hydrogens is 327 g/mol. The Labute approximate surface area is 151 Å². The van der Waals surface area contributed by atoms with Gasteiger partial charge in [0.05, 0.1) is 0 Å². The minimum Gasteiger partial charge on any atom is -0.383 e. The molecule has 0 fully saturated rings. The van der Waals surface area contributed by atoms with Gasteiger partial charge < -0.3 is 11.1 Å². The number of aliphatic imine (C=N–C) groups is 2. The molecule has 1 unspecified atom stereocenters. The zero-order chi connectivity index (χ0) is 18.2. The first-order valence-corrected chi connectivity index (χ1v) is 8.21. The molecule has 0 aliphatic carbocycles. The highest BCUT2D eigenvalue weighted by Gasteiger charge is 2.10. The van der Waals surface area contributed by atoms with E-state index in [1.807, 2.05) is 66.7 Å². The Kier molecular flexibility index (Phi) is 5.72. The highest BCUT2D eigenvalue weighted by molar-refractivity contribution is 6.08. The van der Waals surface area contributed by atoms with Crippen LogP contribution in [0.15, 0.2) is 101 Å². The summed E-state index contributed by atoms with van der Waals surface area (Å²) in [6.45, 7) is 0. The summed E-state index contributed by atoms with van der Waals surface area (Å²) in [5.74, 6) is 0.363. The molecule has 0 heterocycles. The lowest BCUT2D eigenvalue weighted by atomic mass is 10.2. The Morgan fingerprint density at radius 1 is 0.808 bits per heavy atom. The van der Waals surface area contributed by atoms with E-state index < -0.39 is 6.30 Å². The van der Waals surface area contributed by atoms with Crippen LogP contribution in [0.5, 0.6) is 0 Å². The number of hydrogen-bond acceptors (Lipinski definition) is 1. The Hall–Kier alpha value is -3.47. The van der Waals surface area contributed by atoms with Gasteiger partial charge >= 0.3 is 0 Å². The molecule has 4 nitrogen and oxygen atoms in total. The molecule has 3 aromatic carbocycles. The van der Waals surface area contributed by atoms with E-state index in [2.05, 4.69) is 15.3 Å². The lowest BCUT2D eigenvalue weighted by molar-refractivity contribution is 0.358. The van der Waals surface area contributed by atoms with Crippen LogP contribution in [0.3, 0.4) is 0 Å². The minimum atomic E-state index is -1.55. The monoisotopic (exact) mass is 346 g/mol. The minimum absolute atomic E-state index is 0.105. The average molecular weight is 346 g/mol. The molecule has 5 heteroatoms. The first-order chi connectivity index (χ1) is 12.7. The summed E-state index contributed by atoms with van der Waals surface area (Å²) in [5.41, 5.74) is 8.01. The van der Waals surface area contributed by atoms with Crippen LogP contribution >= 0.6 is 0 Å². The van der Waals surface area contributed by atoms with Crippen LogP contribution in [0.1, 0.15) is 17.4 Å². The van der Waals surface area contributed by atoms with Gasteiger partial charge in [-0.2, -0.15) is 4.99 Å². The predicted molar refractivity (Wildman–Crippen MR) is 105 cm³/mol. The van der Waals surface area contributed by atoms with Gasteiger partial charge in [0.2, 0.25) is 12.3 Å². The SMILES string of the molecule is NC(=NC(=NC(F)c1ccccc1)Nc1ccccc1)c1ccccc1. The standard InChI is InChI=1S/C21H19FN4/c22-19(16-10-4-1-5-11-16)25-21(24-18-14-8-3-9-15-18)26-20(23)17-12-6-2-7-13-17/h1-15,19H,(H3,23,24,25,26). The number of benzene rings is 3. The van der Waals surface area contributed by atoms with Gasteiger partial charge in [-0.1, -0.05) is 78.9 Å². The van der Waals surface area contributed by atoms with Gasteiger partial charge in [0, 0.05) is 16.8 Å². The van der Waals surface area contributed by atoms with Gasteiger partial charge in [-0.3, -0.25) is 0 Å². The summed E-state index contributed by atoms with van der Waals surface area (Å²) < 4.78 is 14.6. The van der Waals surface area contributed by atoms with Gasteiger partial charge in [0.1, 0.15) is 5.84 Å². The third-order valence-electron chi connectivity index (χ3n) is 3.64. The second-order valence-corrected chi connectivity index (χ2v) is 5.55. The molecule has 0 bridgehead atoms. The molecule has 0 amide bonds. The quantitative estimate of drug-likeness (QED) is 0.414. The smallest absolute Gasteiger partial charge is 0.227 e. The molecule has 0 aliphatic rings. The molecule has 1 atom stereocenters. The maximum atomic E-state index is 14.6. The van der Waals surface area contributed by atoms with Gasteiger partial charge in [-0.05, 0) is 12.1 Å². The Morgan fingerprint density at radius 3 is 1.96 bits per heavy atom. The number of guanidine groups is 1. The average Bonchev–Trinajstić information content (AvgIpc) is 2.70. The van der Waals surface area contributed by atoms with Crippen LogP contribution in [0, 0.1) is 0 Å². The normalized spacial score (nSPS) is 13.3. The largest absolute Gasteiger partial charge is 0.383 e. The number of nitrogens with two attached hydrogens (primary N) is 1. The number of para-hydroxylation sites is 1. The van der Waals surface area contributed by atoms with Gasteiger partial charge in [-0.15, -0.1) is 0 Å². The van der Waals surface area contributed by atoms with Crippen molar-refractivity contribution in [2.75, 3.05) is 5.32 Å². The summed E-state index contributed by atoms with van der Waals surface area (Å²) in [5, 5.41) is 3.02. The van der Waals surface area contributed by atoms with E-state index in [1.54, 1.807) is 24.3 Å². The van der Waals surface area contributed by atoms with E-state index >= 15 is 0 Å². The summed E-state index contributed by atoms with van der Waals surface area (Å²) in [6, 6.07) is 27.3. The van der Waals surface area contributed by atoms with Crippen molar-refractivity contribution in [3.05, 3.63) is 102 Å². The van der Waals surface area contributed by atoms with E-state index in [-0.39, 0.29) is 11.8 Å². The lowest BCUT2D eigenvalue weighted by Crippen LogP contribution is -2.20. The Morgan fingerprint density at radius 2 is 1.35 bits per heavy atom. The van der Waals surface area contributed by atoms with Crippen molar-refractivity contribution in [3.8, 4) is 0 Å².